The Hall–Kier alpha value is -0.0500. The molecule has 11 heteroatoms. The molecule has 2 heterocycles. The lowest BCUT2D eigenvalue weighted by Gasteiger charge is -2.44. The quantitative estimate of drug-likeness (QED) is 0.242. The van der Waals surface area contributed by atoms with Crippen molar-refractivity contribution in [2.45, 2.75) is 59.7 Å². The van der Waals surface area contributed by atoms with Crippen LogP contribution in [0.15, 0.2) is 0 Å². The fourth-order valence-electron chi connectivity index (χ4n) is 2.57. The van der Waals surface area contributed by atoms with Crippen molar-refractivity contribution in [2.24, 2.45) is 0 Å². The van der Waals surface area contributed by atoms with Gasteiger partial charge in [-0.15, -0.1) is 11.8 Å². The number of hydrogen-bond acceptors (Lipinski definition) is 11. The van der Waals surface area contributed by atoms with Gasteiger partial charge in [-0.05, 0) is 0 Å². The third-order valence-electron chi connectivity index (χ3n) is 3.98. The van der Waals surface area contributed by atoms with E-state index in [1.165, 1.54) is 0 Å². The minimum absolute atomic E-state index is 0.573. The van der Waals surface area contributed by atoms with Gasteiger partial charge in [-0.3, -0.25) is 0 Å². The number of rotatable bonds is 4. The van der Waals surface area contributed by atoms with Crippen LogP contribution in [0, 0.1) is 0 Å². The van der Waals surface area contributed by atoms with Gasteiger partial charge in [0.15, 0.2) is 6.29 Å². The predicted molar refractivity (Wildman–Crippen MR) is 75.1 cm³/mol. The Bertz CT molecular complexity index is 383. The lowest BCUT2D eigenvalue weighted by molar-refractivity contribution is -0.249. The molecule has 2 fully saturated rings. The molecular formula is C12H22O10S. The van der Waals surface area contributed by atoms with Crippen molar-refractivity contribution in [3.63, 3.8) is 0 Å². The highest BCUT2D eigenvalue weighted by atomic mass is 32.2. The van der Waals surface area contributed by atoms with Crippen LogP contribution in [0.2, 0.25) is 0 Å². The molecule has 0 saturated carbocycles. The van der Waals surface area contributed by atoms with Gasteiger partial charge in [-0.1, -0.05) is 0 Å². The maximum absolute atomic E-state index is 10.0. The molecule has 10 nitrogen and oxygen atoms in total. The maximum atomic E-state index is 10.0. The number of aliphatic hydroxyl groups is 8. The zero-order chi connectivity index (χ0) is 17.3. The van der Waals surface area contributed by atoms with Crippen LogP contribution >= 0.6 is 11.8 Å². The van der Waals surface area contributed by atoms with Gasteiger partial charge in [0.25, 0.3) is 0 Å². The first-order valence-corrected chi connectivity index (χ1v) is 8.02. The van der Waals surface area contributed by atoms with Crippen molar-refractivity contribution in [3.8, 4) is 0 Å². The average molecular weight is 358 g/mol. The largest absolute Gasteiger partial charge is 0.394 e. The standard InChI is InChI=1S/C12H22O10S/c13-1-3-5(15)6(16)9(19)12(22-3)23-10-4(2-14)21-11(20)8(18)7(10)17/h3-20H,1-2H2/t3-,4-,5+,6+,7-,8-,9-,10-,11?,12+/m1/s1. The van der Waals surface area contributed by atoms with E-state index in [-0.39, 0.29) is 0 Å². The van der Waals surface area contributed by atoms with Gasteiger partial charge in [0.1, 0.15) is 36.0 Å². The van der Waals surface area contributed by atoms with Crippen LogP contribution < -0.4 is 0 Å². The van der Waals surface area contributed by atoms with E-state index in [0.29, 0.717) is 0 Å². The fraction of sp³-hybridized carbons (Fsp3) is 1.00. The molecule has 10 atom stereocenters. The summed E-state index contributed by atoms with van der Waals surface area (Å²) in [7, 11) is 0. The second kappa shape index (κ2) is 7.89. The number of aliphatic hydroxyl groups excluding tert-OH is 8. The van der Waals surface area contributed by atoms with Crippen molar-refractivity contribution in [1.29, 1.82) is 0 Å². The number of ether oxygens (including phenoxy) is 2. The SMILES string of the molecule is OC[C@H]1O[C@@H](S[C@H]2[C@H](O)[C@@H](O)C(O)O[C@@H]2CO)[C@H](O)[C@@H](O)[C@H]1O. The van der Waals surface area contributed by atoms with E-state index in [0.717, 1.165) is 11.8 Å². The zero-order valence-corrected chi connectivity index (χ0v) is 12.8. The first-order valence-electron chi connectivity index (χ1n) is 7.08. The Morgan fingerprint density at radius 2 is 1.26 bits per heavy atom. The molecule has 1 unspecified atom stereocenters. The summed E-state index contributed by atoms with van der Waals surface area (Å²) in [4.78, 5) is 0. The monoisotopic (exact) mass is 358 g/mol. The lowest BCUT2D eigenvalue weighted by atomic mass is 10.0. The molecule has 0 amide bonds. The van der Waals surface area contributed by atoms with Gasteiger partial charge in [-0.25, -0.2) is 0 Å². The summed E-state index contributed by atoms with van der Waals surface area (Å²) < 4.78 is 10.3. The summed E-state index contributed by atoms with van der Waals surface area (Å²) >= 11 is 0.761. The summed E-state index contributed by atoms with van der Waals surface area (Å²) in [5.41, 5.74) is -1.16. The third kappa shape index (κ3) is 3.80. The molecule has 2 aliphatic rings. The summed E-state index contributed by atoms with van der Waals surface area (Å²) in [5, 5.41) is 76.0. The van der Waals surface area contributed by atoms with E-state index >= 15 is 0 Å². The van der Waals surface area contributed by atoms with Crippen LogP contribution in [0.4, 0.5) is 0 Å². The molecule has 0 aromatic carbocycles. The topological polar surface area (TPSA) is 180 Å². The molecule has 0 aromatic rings. The van der Waals surface area contributed by atoms with Crippen molar-refractivity contribution in [3.05, 3.63) is 0 Å². The van der Waals surface area contributed by atoms with Crippen molar-refractivity contribution >= 4 is 11.8 Å². The maximum Gasteiger partial charge on any atom is 0.183 e. The average Bonchev–Trinajstić information content (AvgIpc) is 2.55. The first-order chi connectivity index (χ1) is 10.8. The second-order valence-electron chi connectivity index (χ2n) is 5.53. The molecule has 23 heavy (non-hydrogen) atoms. The molecule has 0 aliphatic carbocycles. The number of thioether (sulfide) groups is 1. The van der Waals surface area contributed by atoms with E-state index < -0.39 is 72.9 Å². The van der Waals surface area contributed by atoms with Gasteiger partial charge in [0, 0.05) is 0 Å². The van der Waals surface area contributed by atoms with Gasteiger partial charge < -0.3 is 50.3 Å². The molecule has 0 aromatic heterocycles. The first kappa shape index (κ1) is 19.3. The van der Waals surface area contributed by atoms with Crippen LogP contribution in [0.25, 0.3) is 0 Å². The van der Waals surface area contributed by atoms with Crippen LogP contribution in [-0.2, 0) is 9.47 Å². The van der Waals surface area contributed by atoms with Crippen molar-refractivity contribution < 1.29 is 50.3 Å². The molecule has 2 rings (SSSR count). The zero-order valence-electron chi connectivity index (χ0n) is 12.0. The lowest BCUT2D eigenvalue weighted by Crippen LogP contribution is -2.61. The van der Waals surface area contributed by atoms with Crippen molar-refractivity contribution in [1.82, 2.24) is 0 Å². The van der Waals surface area contributed by atoms with Gasteiger partial charge in [0.05, 0.1) is 30.7 Å². The Morgan fingerprint density at radius 3 is 1.83 bits per heavy atom. The van der Waals surface area contributed by atoms with Crippen LogP contribution in [0.1, 0.15) is 0 Å². The van der Waals surface area contributed by atoms with E-state index in [1.54, 1.807) is 0 Å². The van der Waals surface area contributed by atoms with Crippen LogP contribution in [0.3, 0.4) is 0 Å². The molecule has 2 aliphatic heterocycles. The Morgan fingerprint density at radius 1 is 0.652 bits per heavy atom. The van der Waals surface area contributed by atoms with Gasteiger partial charge in [-0.2, -0.15) is 0 Å². The molecule has 8 N–H and O–H groups in total. The highest BCUT2D eigenvalue weighted by Crippen LogP contribution is 2.37. The normalized spacial score (nSPS) is 51.7. The summed E-state index contributed by atoms with van der Waals surface area (Å²) in [6.07, 6.45) is -11.6. The molecule has 136 valence electrons. The minimum atomic E-state index is -1.67. The molecule has 2 saturated heterocycles. The van der Waals surface area contributed by atoms with Crippen LogP contribution in [0.5, 0.6) is 0 Å². The molecule has 0 radical (unpaired) electrons. The second-order valence-corrected chi connectivity index (χ2v) is 6.81. The van der Waals surface area contributed by atoms with E-state index in [9.17, 15) is 35.7 Å². The minimum Gasteiger partial charge on any atom is -0.394 e. The highest BCUT2D eigenvalue weighted by molar-refractivity contribution is 8.00. The van der Waals surface area contributed by atoms with Gasteiger partial charge >= 0.3 is 0 Å². The summed E-state index contributed by atoms with van der Waals surface area (Å²) in [5.74, 6) is 0. The smallest absolute Gasteiger partial charge is 0.183 e. The Labute approximate surface area is 135 Å². The third-order valence-corrected chi connectivity index (χ3v) is 5.53. The molecule has 0 bridgehead atoms. The fourth-order valence-corrected chi connectivity index (χ4v) is 4.06. The highest BCUT2D eigenvalue weighted by Gasteiger charge is 2.49. The van der Waals surface area contributed by atoms with E-state index in [2.05, 4.69) is 0 Å². The molecular weight excluding hydrogens is 336 g/mol. The van der Waals surface area contributed by atoms with E-state index in [1.807, 2.05) is 0 Å². The van der Waals surface area contributed by atoms with Crippen molar-refractivity contribution in [2.75, 3.05) is 13.2 Å². The molecule has 0 spiro atoms. The summed E-state index contributed by atoms with van der Waals surface area (Å²) in [6, 6.07) is 0. The van der Waals surface area contributed by atoms with Gasteiger partial charge in [0.2, 0.25) is 0 Å². The van der Waals surface area contributed by atoms with E-state index in [4.69, 9.17) is 14.6 Å². The summed E-state index contributed by atoms with van der Waals surface area (Å²) in [6.45, 7) is -1.17. The number of hydrogen-bond donors (Lipinski definition) is 8. The predicted octanol–water partition coefficient (Wildman–Crippen LogP) is -4.68. The Balaban J connectivity index is 2.11. The Kier molecular flexibility index (Phi) is 6.61. The van der Waals surface area contributed by atoms with Crippen LogP contribution in [-0.4, -0.2) is 114 Å².